The minimum absolute atomic E-state index is 0.421. The van der Waals surface area contributed by atoms with Crippen molar-refractivity contribution < 1.29 is 18.3 Å². The average molecular weight is 364 g/mol. The van der Waals surface area contributed by atoms with Gasteiger partial charge < -0.3 is 10.0 Å². The van der Waals surface area contributed by atoms with E-state index in [2.05, 4.69) is 9.80 Å². The summed E-state index contributed by atoms with van der Waals surface area (Å²) in [6.45, 7) is 3.66. The van der Waals surface area contributed by atoms with E-state index >= 15 is 0 Å². The average Bonchev–Trinajstić information content (AvgIpc) is 2.62. The zero-order chi connectivity index (χ0) is 18.6. The molecule has 1 unspecified atom stereocenters. The zero-order valence-corrected chi connectivity index (χ0v) is 14.5. The highest BCUT2D eigenvalue weighted by molar-refractivity contribution is 5.48. The molecule has 0 saturated carbocycles. The van der Waals surface area contributed by atoms with E-state index < -0.39 is 17.8 Å². The van der Waals surface area contributed by atoms with Gasteiger partial charge in [-0.15, -0.1) is 0 Å². The molecule has 0 bridgehead atoms. The number of hydrogen-bond acceptors (Lipinski definition) is 3. The monoisotopic (exact) mass is 364 g/mol. The molecule has 2 aromatic rings. The highest BCUT2D eigenvalue weighted by Crippen LogP contribution is 2.30. The third kappa shape index (κ3) is 4.99. The van der Waals surface area contributed by atoms with Crippen molar-refractivity contribution in [3.8, 4) is 0 Å². The zero-order valence-electron chi connectivity index (χ0n) is 14.5. The number of piperazine rings is 1. The van der Waals surface area contributed by atoms with E-state index in [4.69, 9.17) is 0 Å². The third-order valence-electron chi connectivity index (χ3n) is 4.72. The topological polar surface area (TPSA) is 26.7 Å². The van der Waals surface area contributed by atoms with Crippen molar-refractivity contribution in [2.75, 3.05) is 37.6 Å². The molecule has 0 radical (unpaired) electrons. The molecule has 1 aliphatic heterocycles. The molecular formula is C20H23F3N2O. The lowest BCUT2D eigenvalue weighted by Gasteiger charge is -2.37. The van der Waals surface area contributed by atoms with Crippen LogP contribution in [0.2, 0.25) is 0 Å². The van der Waals surface area contributed by atoms with Crippen molar-refractivity contribution in [1.29, 1.82) is 0 Å². The van der Waals surface area contributed by atoms with Gasteiger partial charge >= 0.3 is 6.18 Å². The predicted molar refractivity (Wildman–Crippen MR) is 96.2 cm³/mol. The van der Waals surface area contributed by atoms with Gasteiger partial charge in [0.2, 0.25) is 0 Å². The highest BCUT2D eigenvalue weighted by atomic mass is 19.4. The van der Waals surface area contributed by atoms with Gasteiger partial charge in [-0.05, 0) is 36.2 Å². The van der Waals surface area contributed by atoms with Gasteiger partial charge in [-0.3, -0.25) is 4.90 Å². The smallest absolute Gasteiger partial charge is 0.391 e. The Bertz CT molecular complexity index is 680. The molecule has 1 N–H and O–H groups in total. The number of β-amino-alcohol motifs (C(OH)–C–C–N with tert-alkyl or cyclic N) is 1. The summed E-state index contributed by atoms with van der Waals surface area (Å²) in [5, 5.41) is 10.3. The van der Waals surface area contributed by atoms with Crippen LogP contribution < -0.4 is 4.90 Å². The number of aliphatic hydroxyl groups excluding tert-OH is 1. The Kier molecular flexibility index (Phi) is 5.84. The molecule has 1 heterocycles. The highest BCUT2D eigenvalue weighted by Gasteiger charge is 2.30. The van der Waals surface area contributed by atoms with Crippen LogP contribution in [0.1, 0.15) is 11.1 Å². The molecule has 1 aliphatic rings. The van der Waals surface area contributed by atoms with Gasteiger partial charge in [-0.1, -0.05) is 30.3 Å². The first-order chi connectivity index (χ1) is 12.4. The Morgan fingerprint density at radius 1 is 0.885 bits per heavy atom. The quantitative estimate of drug-likeness (QED) is 0.881. The molecule has 0 aromatic heterocycles. The molecule has 0 aliphatic carbocycles. The Morgan fingerprint density at radius 3 is 2.08 bits per heavy atom. The summed E-state index contributed by atoms with van der Waals surface area (Å²) in [5.41, 5.74) is 1.30. The van der Waals surface area contributed by atoms with Crippen LogP contribution in [0, 0.1) is 0 Å². The van der Waals surface area contributed by atoms with E-state index in [0.29, 0.717) is 13.0 Å². The van der Waals surface area contributed by atoms with Gasteiger partial charge in [-0.2, -0.15) is 13.2 Å². The molecule has 26 heavy (non-hydrogen) atoms. The fourth-order valence-corrected chi connectivity index (χ4v) is 3.30. The van der Waals surface area contributed by atoms with Crippen molar-refractivity contribution in [1.82, 2.24) is 4.90 Å². The van der Waals surface area contributed by atoms with Gasteiger partial charge in [0.1, 0.15) is 0 Å². The Morgan fingerprint density at radius 2 is 1.50 bits per heavy atom. The number of anilines is 1. The summed E-state index contributed by atoms with van der Waals surface area (Å²) in [6.07, 6.45) is -4.10. The first kappa shape index (κ1) is 18.7. The summed E-state index contributed by atoms with van der Waals surface area (Å²) in [5.74, 6) is 0. The number of hydrogen-bond donors (Lipinski definition) is 1. The lowest BCUT2D eigenvalue weighted by atomic mass is 10.1. The summed E-state index contributed by atoms with van der Waals surface area (Å²) < 4.78 is 37.9. The Hall–Kier alpha value is -2.05. The maximum Gasteiger partial charge on any atom is 0.416 e. The van der Waals surface area contributed by atoms with Crippen LogP contribution in [-0.4, -0.2) is 48.8 Å². The van der Waals surface area contributed by atoms with Crippen LogP contribution in [-0.2, 0) is 12.6 Å². The molecule has 3 rings (SSSR count). The molecule has 3 nitrogen and oxygen atoms in total. The molecule has 6 heteroatoms. The summed E-state index contributed by atoms with van der Waals surface area (Å²) in [6, 6.07) is 15.2. The summed E-state index contributed by atoms with van der Waals surface area (Å²) in [4.78, 5) is 4.29. The van der Waals surface area contributed by atoms with Crippen molar-refractivity contribution in [2.45, 2.75) is 18.7 Å². The second-order valence-corrected chi connectivity index (χ2v) is 6.68. The number of nitrogens with zero attached hydrogens (tertiary/aromatic N) is 2. The van der Waals surface area contributed by atoms with Gasteiger partial charge in [0.15, 0.2) is 0 Å². The van der Waals surface area contributed by atoms with Crippen molar-refractivity contribution in [3.05, 3.63) is 65.7 Å². The van der Waals surface area contributed by atoms with Crippen LogP contribution in [0.5, 0.6) is 0 Å². The standard InChI is InChI=1S/C20H23F3N2O/c21-20(22,23)17-6-8-18(9-7-17)25-12-10-24(11-13-25)15-19(26)14-16-4-2-1-3-5-16/h1-9,19,26H,10-15H2. The molecular weight excluding hydrogens is 341 g/mol. The van der Waals surface area contributed by atoms with Crippen molar-refractivity contribution in [3.63, 3.8) is 0 Å². The fourth-order valence-electron chi connectivity index (χ4n) is 3.30. The van der Waals surface area contributed by atoms with Crippen molar-refractivity contribution in [2.24, 2.45) is 0 Å². The summed E-state index contributed by atoms with van der Waals surface area (Å²) in [7, 11) is 0. The van der Waals surface area contributed by atoms with E-state index in [1.165, 1.54) is 12.1 Å². The van der Waals surface area contributed by atoms with E-state index in [1.807, 2.05) is 30.3 Å². The maximum absolute atomic E-state index is 12.6. The normalized spacial score (nSPS) is 17.3. The molecule has 1 fully saturated rings. The Balaban J connectivity index is 1.48. The number of alkyl halides is 3. The first-order valence-electron chi connectivity index (χ1n) is 8.78. The first-order valence-corrected chi connectivity index (χ1v) is 8.78. The van der Waals surface area contributed by atoms with Gasteiger partial charge in [-0.25, -0.2) is 0 Å². The third-order valence-corrected chi connectivity index (χ3v) is 4.72. The SMILES string of the molecule is OC(Cc1ccccc1)CN1CCN(c2ccc(C(F)(F)F)cc2)CC1. The Labute approximate surface area is 151 Å². The van der Waals surface area contributed by atoms with Crippen LogP contribution >= 0.6 is 0 Å². The van der Waals surface area contributed by atoms with Crippen LogP contribution in [0.25, 0.3) is 0 Å². The maximum atomic E-state index is 12.6. The molecule has 0 amide bonds. The number of rotatable bonds is 5. The van der Waals surface area contributed by atoms with E-state index in [9.17, 15) is 18.3 Å². The predicted octanol–water partition coefficient (Wildman–Crippen LogP) is 3.43. The largest absolute Gasteiger partial charge is 0.416 e. The van der Waals surface area contributed by atoms with E-state index in [-0.39, 0.29) is 0 Å². The fraction of sp³-hybridized carbons (Fsp3) is 0.400. The molecule has 2 aromatic carbocycles. The number of benzene rings is 2. The van der Waals surface area contributed by atoms with Gasteiger partial charge in [0.05, 0.1) is 11.7 Å². The van der Waals surface area contributed by atoms with Gasteiger partial charge in [0, 0.05) is 38.4 Å². The minimum Gasteiger partial charge on any atom is -0.391 e. The second-order valence-electron chi connectivity index (χ2n) is 6.68. The molecule has 1 atom stereocenters. The van der Waals surface area contributed by atoms with E-state index in [0.717, 1.165) is 49.6 Å². The molecule has 140 valence electrons. The summed E-state index contributed by atoms with van der Waals surface area (Å²) >= 11 is 0. The lowest BCUT2D eigenvalue weighted by Crippen LogP contribution is -2.48. The van der Waals surface area contributed by atoms with Crippen LogP contribution in [0.3, 0.4) is 0 Å². The van der Waals surface area contributed by atoms with Crippen LogP contribution in [0.15, 0.2) is 54.6 Å². The minimum atomic E-state index is -4.30. The van der Waals surface area contributed by atoms with E-state index in [1.54, 1.807) is 0 Å². The lowest BCUT2D eigenvalue weighted by molar-refractivity contribution is -0.137. The number of halogens is 3. The molecule has 0 spiro atoms. The number of aliphatic hydroxyl groups is 1. The second kappa shape index (κ2) is 8.10. The van der Waals surface area contributed by atoms with Gasteiger partial charge in [0.25, 0.3) is 0 Å². The molecule has 1 saturated heterocycles. The van der Waals surface area contributed by atoms with Crippen LogP contribution in [0.4, 0.5) is 18.9 Å². The van der Waals surface area contributed by atoms with Crippen molar-refractivity contribution >= 4 is 5.69 Å².